The molecule has 1 atom stereocenters. The summed E-state index contributed by atoms with van der Waals surface area (Å²) in [6.07, 6.45) is 1.81. The number of nitrogens with zero attached hydrogens (tertiary/aromatic N) is 3. The van der Waals surface area contributed by atoms with Gasteiger partial charge in [-0.15, -0.1) is 0 Å². The van der Waals surface area contributed by atoms with Crippen molar-refractivity contribution >= 4 is 22.8 Å². The monoisotopic (exact) mass is 383 g/mol. The maximum absolute atomic E-state index is 11.0. The lowest BCUT2D eigenvalue weighted by Gasteiger charge is -2.28. The summed E-state index contributed by atoms with van der Waals surface area (Å²) >= 11 is 0. The summed E-state index contributed by atoms with van der Waals surface area (Å²) in [5.74, 6) is -1.07. The van der Waals surface area contributed by atoms with Crippen LogP contribution in [0.1, 0.15) is 42.4 Å². The maximum atomic E-state index is 11.0. The number of carboxylic acid groups (broad SMARTS) is 1. The van der Waals surface area contributed by atoms with E-state index < -0.39 is 12.1 Å². The first-order valence-electron chi connectivity index (χ1n) is 9.09. The molecule has 0 radical (unpaired) electrons. The number of aryl methyl sites for hydroxylation is 1. The van der Waals surface area contributed by atoms with E-state index in [1.165, 1.54) is 6.07 Å². The van der Waals surface area contributed by atoms with Gasteiger partial charge in [-0.05, 0) is 50.1 Å². The third-order valence-electron chi connectivity index (χ3n) is 4.75. The molecule has 2 aromatic heterocycles. The number of anilines is 1. The van der Waals surface area contributed by atoms with Crippen molar-refractivity contribution < 1.29 is 15.0 Å². The summed E-state index contributed by atoms with van der Waals surface area (Å²) in [6.45, 7) is 5.22. The fourth-order valence-corrected chi connectivity index (χ4v) is 2.99. The number of pyridine rings is 1. The van der Waals surface area contributed by atoms with Crippen molar-refractivity contribution in [1.29, 1.82) is 0 Å². The molecule has 8 heteroatoms. The Morgan fingerprint density at radius 3 is 2.82 bits per heavy atom. The number of hydrogen-bond acceptors (Lipinski definition) is 6. The van der Waals surface area contributed by atoms with E-state index in [1.807, 2.05) is 16.7 Å². The van der Waals surface area contributed by atoms with Crippen molar-refractivity contribution in [2.24, 2.45) is 0 Å². The van der Waals surface area contributed by atoms with Crippen LogP contribution in [0.2, 0.25) is 0 Å². The van der Waals surface area contributed by atoms with Crippen LogP contribution < -0.4 is 11.1 Å². The highest BCUT2D eigenvalue weighted by molar-refractivity contribution is 5.88. The number of carboxylic acids is 1. The number of aromatic carboxylic acids is 1. The molecule has 0 saturated heterocycles. The average molecular weight is 383 g/mol. The van der Waals surface area contributed by atoms with E-state index in [9.17, 15) is 9.90 Å². The smallest absolute Gasteiger partial charge is 0.354 e. The number of aliphatic hydroxyl groups is 1. The minimum atomic E-state index is -1.07. The van der Waals surface area contributed by atoms with Crippen LogP contribution in [0.3, 0.4) is 0 Å². The van der Waals surface area contributed by atoms with Gasteiger partial charge in [-0.3, -0.25) is 0 Å². The van der Waals surface area contributed by atoms with Gasteiger partial charge in [0.1, 0.15) is 0 Å². The molecule has 1 unspecified atom stereocenters. The third kappa shape index (κ3) is 4.65. The molecular formula is C20H25N5O3. The molecule has 0 aliphatic carbocycles. The quantitative estimate of drug-likeness (QED) is 0.439. The number of hydrogen-bond donors (Lipinski definition) is 4. The summed E-state index contributed by atoms with van der Waals surface area (Å²) in [5, 5.41) is 22.8. The molecule has 0 aliphatic rings. The van der Waals surface area contributed by atoms with Crippen LogP contribution in [0.5, 0.6) is 0 Å². The molecule has 2 heterocycles. The molecule has 8 nitrogen and oxygen atoms in total. The normalized spacial score (nSPS) is 13.0. The van der Waals surface area contributed by atoms with Crippen molar-refractivity contribution in [2.75, 3.05) is 12.3 Å². The van der Waals surface area contributed by atoms with Crippen LogP contribution in [-0.4, -0.2) is 42.8 Å². The first-order chi connectivity index (χ1) is 13.2. The zero-order chi connectivity index (χ0) is 20.3. The minimum absolute atomic E-state index is 0.0183. The Hall–Kier alpha value is -2.97. The Bertz CT molecular complexity index is 983. The van der Waals surface area contributed by atoms with Crippen LogP contribution in [0.25, 0.3) is 11.2 Å². The largest absolute Gasteiger partial charge is 0.477 e. The predicted octanol–water partition coefficient (Wildman–Crippen LogP) is 2.20. The van der Waals surface area contributed by atoms with E-state index in [4.69, 9.17) is 10.8 Å². The lowest BCUT2D eigenvalue weighted by molar-refractivity contribution is 0.0691. The van der Waals surface area contributed by atoms with Gasteiger partial charge in [0.15, 0.2) is 11.3 Å². The molecule has 28 heavy (non-hydrogen) atoms. The molecule has 5 N–H and O–H groups in total. The first kappa shape index (κ1) is 19.8. The van der Waals surface area contributed by atoms with E-state index in [-0.39, 0.29) is 11.2 Å². The zero-order valence-corrected chi connectivity index (χ0v) is 16.0. The number of benzene rings is 1. The van der Waals surface area contributed by atoms with Crippen LogP contribution in [0.4, 0.5) is 5.69 Å². The SMILES string of the molecule is CC(C)(CCn1cnc2nc(C(=O)O)ccc21)NCC(O)c1cccc(N)c1. The van der Waals surface area contributed by atoms with Gasteiger partial charge in [0, 0.05) is 24.3 Å². The van der Waals surface area contributed by atoms with Gasteiger partial charge < -0.3 is 25.8 Å². The third-order valence-corrected chi connectivity index (χ3v) is 4.75. The van der Waals surface area contributed by atoms with Crippen molar-refractivity contribution in [3.63, 3.8) is 0 Å². The van der Waals surface area contributed by atoms with Gasteiger partial charge in [0.2, 0.25) is 0 Å². The Morgan fingerprint density at radius 1 is 1.32 bits per heavy atom. The number of rotatable bonds is 8. The van der Waals surface area contributed by atoms with Gasteiger partial charge >= 0.3 is 5.97 Å². The van der Waals surface area contributed by atoms with Gasteiger partial charge in [-0.2, -0.15) is 0 Å². The number of β-amino-alcohol motifs (C(OH)–C–C–N with tert-alkyl or cyclic N) is 1. The fourth-order valence-electron chi connectivity index (χ4n) is 2.99. The molecule has 0 spiro atoms. The number of imidazole rings is 1. The number of carbonyl (C=O) groups is 1. The molecule has 0 fully saturated rings. The van der Waals surface area contributed by atoms with Crippen molar-refractivity contribution in [1.82, 2.24) is 19.9 Å². The summed E-state index contributed by atoms with van der Waals surface area (Å²) < 4.78 is 1.95. The molecule has 0 aliphatic heterocycles. The lowest BCUT2D eigenvalue weighted by Crippen LogP contribution is -2.42. The average Bonchev–Trinajstić information content (AvgIpc) is 3.07. The molecule has 3 aromatic rings. The summed E-state index contributed by atoms with van der Waals surface area (Å²) in [5.41, 5.74) is 8.15. The predicted molar refractivity (Wildman–Crippen MR) is 107 cm³/mol. The molecule has 148 valence electrons. The molecule has 0 saturated carbocycles. The molecule has 0 bridgehead atoms. The number of nitrogens with one attached hydrogen (secondary N) is 1. The van der Waals surface area contributed by atoms with Crippen LogP contribution in [0, 0.1) is 0 Å². The standard InChI is InChI=1S/C20H25N5O3/c1-20(2,23-11-17(26)13-4-3-5-14(21)10-13)8-9-25-12-22-18-16(25)7-6-15(24-18)19(27)28/h3-7,10,12,17,23,26H,8-9,11,21H2,1-2H3,(H,27,28). The van der Waals surface area contributed by atoms with Crippen molar-refractivity contribution in [2.45, 2.75) is 38.5 Å². The number of fused-ring (bicyclic) bond motifs is 1. The molecule has 3 rings (SSSR count). The maximum Gasteiger partial charge on any atom is 0.354 e. The Labute approximate surface area is 163 Å². The zero-order valence-electron chi connectivity index (χ0n) is 16.0. The van der Waals surface area contributed by atoms with Gasteiger partial charge in [0.05, 0.1) is 17.9 Å². The second kappa shape index (κ2) is 7.95. The van der Waals surface area contributed by atoms with E-state index in [0.717, 1.165) is 17.5 Å². The number of nitrogen functional groups attached to an aromatic ring is 1. The molecule has 1 aromatic carbocycles. The van der Waals surface area contributed by atoms with E-state index >= 15 is 0 Å². The fraction of sp³-hybridized carbons (Fsp3) is 0.350. The Morgan fingerprint density at radius 2 is 2.11 bits per heavy atom. The highest BCUT2D eigenvalue weighted by Gasteiger charge is 2.20. The second-order valence-electron chi connectivity index (χ2n) is 7.48. The highest BCUT2D eigenvalue weighted by Crippen LogP contribution is 2.19. The van der Waals surface area contributed by atoms with E-state index in [1.54, 1.807) is 24.5 Å². The summed E-state index contributed by atoms with van der Waals surface area (Å²) in [7, 11) is 0. The number of aliphatic hydroxyl groups excluding tert-OH is 1. The number of nitrogens with two attached hydrogens (primary N) is 1. The summed E-state index contributed by atoms with van der Waals surface area (Å²) in [4.78, 5) is 19.3. The Balaban J connectivity index is 1.60. The Kier molecular flexibility index (Phi) is 5.62. The van der Waals surface area contributed by atoms with Crippen molar-refractivity contribution in [3.05, 3.63) is 54.0 Å². The minimum Gasteiger partial charge on any atom is -0.477 e. The number of aromatic nitrogens is 3. The van der Waals surface area contributed by atoms with Crippen LogP contribution in [0.15, 0.2) is 42.7 Å². The van der Waals surface area contributed by atoms with Gasteiger partial charge in [-0.25, -0.2) is 14.8 Å². The lowest BCUT2D eigenvalue weighted by atomic mass is 9.99. The highest BCUT2D eigenvalue weighted by atomic mass is 16.4. The molecule has 0 amide bonds. The van der Waals surface area contributed by atoms with Gasteiger partial charge in [-0.1, -0.05) is 12.1 Å². The molecular weight excluding hydrogens is 358 g/mol. The van der Waals surface area contributed by atoms with E-state index in [0.29, 0.717) is 24.4 Å². The van der Waals surface area contributed by atoms with Crippen molar-refractivity contribution in [3.8, 4) is 0 Å². The van der Waals surface area contributed by atoms with Crippen LogP contribution in [-0.2, 0) is 6.54 Å². The summed E-state index contributed by atoms with van der Waals surface area (Å²) in [6, 6.07) is 10.4. The van der Waals surface area contributed by atoms with Crippen LogP contribution >= 0.6 is 0 Å². The van der Waals surface area contributed by atoms with E-state index in [2.05, 4.69) is 29.1 Å². The van der Waals surface area contributed by atoms with Gasteiger partial charge in [0.25, 0.3) is 0 Å². The topological polar surface area (TPSA) is 126 Å². The second-order valence-corrected chi connectivity index (χ2v) is 7.48. The first-order valence-corrected chi connectivity index (χ1v) is 9.09.